The quantitative estimate of drug-likeness (QED) is 0.137. The molecule has 0 aliphatic heterocycles. The lowest BCUT2D eigenvalue weighted by Crippen LogP contribution is -2.48. The Hall–Kier alpha value is -1.32. The number of hydrogen-bond acceptors (Lipinski definition) is 2. The molecule has 2 N–H and O–H groups in total. The molecule has 0 fully saturated rings. The second-order valence-corrected chi connectivity index (χ2v) is 8.37. The van der Waals surface area contributed by atoms with E-state index in [4.69, 9.17) is 21.6 Å². The first kappa shape index (κ1) is 38.0. The minimum Gasteiger partial charge on any atom is -0.447 e. The monoisotopic (exact) mass is 454 g/mol. The van der Waals surface area contributed by atoms with Gasteiger partial charge in [-0.2, -0.15) is 12.0 Å². The molecule has 192 valence electrons. The Morgan fingerprint density at radius 3 is 0.844 bits per heavy atom. The van der Waals surface area contributed by atoms with Crippen molar-refractivity contribution in [3.63, 3.8) is 0 Å². The number of rotatable bonds is 16. The zero-order valence-corrected chi connectivity index (χ0v) is 23.1. The molecular weight excluding hydrogens is 396 g/mol. The van der Waals surface area contributed by atoms with Gasteiger partial charge in [-0.15, -0.1) is 0 Å². The van der Waals surface area contributed by atoms with Gasteiger partial charge in [0.1, 0.15) is 0 Å². The van der Waals surface area contributed by atoms with Crippen LogP contribution in [0.5, 0.6) is 0 Å². The fourth-order valence-electron chi connectivity index (χ4n) is 4.04. The van der Waals surface area contributed by atoms with Crippen molar-refractivity contribution >= 4 is 12.0 Å². The Morgan fingerprint density at radius 2 is 0.688 bits per heavy atom. The lowest BCUT2D eigenvalue weighted by atomic mass is 10.2. The van der Waals surface area contributed by atoms with E-state index in [-0.39, 0.29) is 0 Å². The van der Waals surface area contributed by atoms with Crippen molar-refractivity contribution in [2.24, 2.45) is 0 Å². The molecule has 6 heteroatoms. The first-order chi connectivity index (χ1) is 15.3. The number of unbranched alkanes of at least 4 members (excludes halogenated alkanes) is 6. The van der Waals surface area contributed by atoms with Gasteiger partial charge in [-0.05, 0) is 67.2 Å². The second kappa shape index (κ2) is 29.7. The Morgan fingerprint density at radius 1 is 0.469 bits per heavy atom. The third-order valence-electron chi connectivity index (χ3n) is 7.00. The Labute approximate surface area is 202 Å². The van der Waals surface area contributed by atoms with Gasteiger partial charge in [0, 0.05) is 0 Å². The normalized spacial score (nSPS) is 10.2. The van der Waals surface area contributed by atoms with Gasteiger partial charge >= 0.3 is 0 Å². The summed E-state index contributed by atoms with van der Waals surface area (Å²) < 4.78 is 2.65. The van der Waals surface area contributed by atoms with E-state index >= 15 is 0 Å². The van der Waals surface area contributed by atoms with Crippen molar-refractivity contribution in [1.82, 2.24) is 0 Å². The van der Waals surface area contributed by atoms with Crippen LogP contribution in [0.3, 0.4) is 0 Å². The van der Waals surface area contributed by atoms with Gasteiger partial charge in [0.15, 0.2) is 0 Å². The summed E-state index contributed by atoms with van der Waals surface area (Å²) in [5.74, 6) is 0. The van der Waals surface area contributed by atoms with E-state index in [1.165, 1.54) is 113 Å². The van der Waals surface area contributed by atoms with Crippen molar-refractivity contribution in [2.75, 3.05) is 52.4 Å². The highest BCUT2D eigenvalue weighted by Gasteiger charge is 2.19. The van der Waals surface area contributed by atoms with Gasteiger partial charge in [-0.25, -0.2) is 0 Å². The Kier molecular flexibility index (Phi) is 35.2. The molecule has 6 nitrogen and oxygen atoms in total. The van der Waals surface area contributed by atoms with E-state index in [9.17, 15) is 0 Å². The lowest BCUT2D eigenvalue weighted by molar-refractivity contribution is -0.923. The molecule has 0 aromatic heterocycles. The summed E-state index contributed by atoms with van der Waals surface area (Å²) in [7, 11) is 0. The molecule has 0 aliphatic rings. The maximum atomic E-state index is 6.99. The summed E-state index contributed by atoms with van der Waals surface area (Å²) in [5, 5.41) is 25.0. The second-order valence-electron chi connectivity index (χ2n) is 8.37. The summed E-state index contributed by atoms with van der Waals surface area (Å²) in [6.45, 7) is 29.1. The van der Waals surface area contributed by atoms with E-state index in [0.717, 1.165) is 12.0 Å². The first-order valence-corrected chi connectivity index (χ1v) is 13.1. The molecule has 0 spiro atoms. The van der Waals surface area contributed by atoms with Gasteiger partial charge in [-0.3, -0.25) is 0 Å². The van der Waals surface area contributed by atoms with Crippen molar-refractivity contribution < 1.29 is 8.97 Å². The number of nitrogens with zero attached hydrogens (tertiary/aromatic N) is 4. The van der Waals surface area contributed by atoms with Crippen LogP contribution in [0, 0.1) is 10.8 Å². The van der Waals surface area contributed by atoms with Crippen LogP contribution in [0.25, 0.3) is 10.8 Å². The summed E-state index contributed by atoms with van der Waals surface area (Å²) in [6, 6.07) is 2.00. The highest BCUT2D eigenvalue weighted by atomic mass is 15.3. The molecule has 0 aliphatic carbocycles. The summed E-state index contributed by atoms with van der Waals surface area (Å²) in [6.07, 6.45) is 11.2. The third kappa shape index (κ3) is 23.3. The molecule has 0 rings (SSSR count). The molecular formula is C26H58N6. The first-order valence-electron chi connectivity index (χ1n) is 13.1. The molecule has 0 saturated carbocycles. The molecule has 0 saturated heterocycles. The van der Waals surface area contributed by atoms with E-state index in [1.807, 2.05) is 0 Å². The van der Waals surface area contributed by atoms with Gasteiger partial charge in [0.25, 0.3) is 0 Å². The summed E-state index contributed by atoms with van der Waals surface area (Å²) in [4.78, 5) is 0. The maximum Gasteiger partial charge on any atom is 0.0786 e. The average molecular weight is 455 g/mol. The van der Waals surface area contributed by atoms with Gasteiger partial charge in [0.05, 0.1) is 52.4 Å². The minimum atomic E-state index is 1.00. The maximum absolute atomic E-state index is 6.99. The van der Waals surface area contributed by atoms with Crippen LogP contribution in [0.4, 0.5) is 0 Å². The fourth-order valence-corrected chi connectivity index (χ4v) is 4.04. The van der Waals surface area contributed by atoms with Crippen molar-refractivity contribution in [3.05, 3.63) is 10.8 Å². The standard InChI is InChI=1S/2C12H28N.2CHN2/c2*1-5-9-10-11-12-13(6-2,7-3)8-4;2*2-1-3/h2*5-12H2,1-4H3;2*2H/q2*+1;2*-1. The van der Waals surface area contributed by atoms with Crippen LogP contribution in [-0.4, -0.2) is 73.3 Å². The SMILES string of the molecule is CCCCCC[N+](CC)(CC)CC.CCCCCC[N+](CC)(CC)CC.[N-]=C=N.[N-]=C=N. The van der Waals surface area contributed by atoms with Gasteiger partial charge in [-0.1, -0.05) is 39.5 Å². The molecule has 0 aromatic carbocycles. The van der Waals surface area contributed by atoms with Crippen LogP contribution in [0.1, 0.15) is 107 Å². The van der Waals surface area contributed by atoms with E-state index in [2.05, 4.69) is 55.4 Å². The fraction of sp³-hybridized carbons (Fsp3) is 0.923. The predicted molar refractivity (Wildman–Crippen MR) is 144 cm³/mol. The molecule has 0 radical (unpaired) electrons. The average Bonchev–Trinajstić information content (AvgIpc) is 2.82. The predicted octanol–water partition coefficient (Wildman–Crippen LogP) is 7.50. The van der Waals surface area contributed by atoms with E-state index in [1.54, 1.807) is 0 Å². The zero-order chi connectivity index (χ0) is 25.7. The zero-order valence-electron chi connectivity index (χ0n) is 23.1. The topological polar surface area (TPSA) is 92.3 Å². The highest BCUT2D eigenvalue weighted by molar-refractivity contribution is 5.39. The van der Waals surface area contributed by atoms with Crippen molar-refractivity contribution in [1.29, 1.82) is 10.8 Å². The van der Waals surface area contributed by atoms with Crippen LogP contribution in [-0.2, 0) is 0 Å². The molecule has 32 heavy (non-hydrogen) atoms. The Balaban J connectivity index is -0.000000196. The van der Waals surface area contributed by atoms with E-state index < -0.39 is 0 Å². The van der Waals surface area contributed by atoms with E-state index in [0.29, 0.717) is 0 Å². The smallest absolute Gasteiger partial charge is 0.0786 e. The molecule has 0 atom stereocenters. The van der Waals surface area contributed by atoms with Gasteiger partial charge < -0.3 is 30.6 Å². The minimum absolute atomic E-state index is 1.00. The third-order valence-corrected chi connectivity index (χ3v) is 7.00. The van der Waals surface area contributed by atoms with Crippen molar-refractivity contribution in [2.45, 2.75) is 107 Å². The molecule has 0 heterocycles. The molecule has 0 aromatic rings. The van der Waals surface area contributed by atoms with Crippen LogP contribution >= 0.6 is 0 Å². The Bertz CT molecular complexity index is 360. The number of hydrogen-bond donors (Lipinski definition) is 2. The lowest BCUT2D eigenvalue weighted by Gasteiger charge is -2.35. The summed E-state index contributed by atoms with van der Waals surface area (Å²) in [5.41, 5.74) is 0. The molecule has 0 unspecified atom stereocenters. The van der Waals surface area contributed by atoms with Gasteiger partial charge in [0.2, 0.25) is 0 Å². The van der Waals surface area contributed by atoms with Crippen LogP contribution in [0.15, 0.2) is 0 Å². The number of nitrogens with one attached hydrogen (secondary N) is 2. The van der Waals surface area contributed by atoms with Crippen LogP contribution in [0.2, 0.25) is 0 Å². The largest absolute Gasteiger partial charge is 0.447 e. The highest BCUT2D eigenvalue weighted by Crippen LogP contribution is 2.11. The van der Waals surface area contributed by atoms with Crippen LogP contribution < -0.4 is 0 Å². The summed E-state index contributed by atoms with van der Waals surface area (Å²) >= 11 is 0. The van der Waals surface area contributed by atoms with Crippen molar-refractivity contribution in [3.8, 4) is 0 Å². The molecule has 0 amide bonds. The molecule has 0 bridgehead atoms. The number of quaternary nitrogens is 2.